The van der Waals surface area contributed by atoms with E-state index in [1.165, 1.54) is 82.9 Å². The normalized spacial score (nSPS) is 14.9. The van der Waals surface area contributed by atoms with Gasteiger partial charge < -0.3 is 10.2 Å². The summed E-state index contributed by atoms with van der Waals surface area (Å²) in [5.74, 6) is 0.181. The zero-order chi connectivity index (χ0) is 42.9. The Balaban J connectivity index is 1.11. The fourth-order valence-electron chi connectivity index (χ4n) is 11.7. The van der Waals surface area contributed by atoms with Crippen LogP contribution in [0.4, 0.5) is 28.4 Å². The van der Waals surface area contributed by atoms with E-state index in [1.807, 2.05) is 0 Å². The third kappa shape index (κ3) is 5.82. The minimum Gasteiger partial charge on any atom is -0.354 e. The van der Waals surface area contributed by atoms with Crippen molar-refractivity contribution in [2.75, 3.05) is 10.2 Å². The molecule has 1 atom stereocenters. The molecule has 65 heavy (non-hydrogen) atoms. The van der Waals surface area contributed by atoms with Crippen LogP contribution in [-0.4, -0.2) is 7.28 Å². The summed E-state index contributed by atoms with van der Waals surface area (Å²) >= 11 is 0. The van der Waals surface area contributed by atoms with Crippen molar-refractivity contribution in [3.8, 4) is 22.3 Å². The summed E-state index contributed by atoms with van der Waals surface area (Å²) in [4.78, 5) is 2.44. The molecule has 0 saturated carbocycles. The monoisotopic (exact) mass is 827 g/mol. The van der Waals surface area contributed by atoms with Crippen molar-refractivity contribution in [2.45, 2.75) is 24.2 Å². The Bertz CT molecular complexity index is 3360. The highest BCUT2D eigenvalue weighted by Gasteiger charge is 2.45. The first-order valence-electron chi connectivity index (χ1n) is 22.9. The van der Waals surface area contributed by atoms with Crippen molar-refractivity contribution in [3.05, 3.63) is 269 Å². The highest BCUT2D eigenvalue weighted by molar-refractivity contribution is 6.70. The van der Waals surface area contributed by atoms with Crippen LogP contribution in [0.1, 0.15) is 51.3 Å². The number of nitrogens with zero attached hydrogens (tertiary/aromatic N) is 1. The predicted molar refractivity (Wildman–Crippen MR) is 273 cm³/mol. The van der Waals surface area contributed by atoms with Gasteiger partial charge in [-0.1, -0.05) is 199 Å². The second-order valence-electron chi connectivity index (χ2n) is 17.7. The number of nitrogens with one attached hydrogen (secondary N) is 1. The second kappa shape index (κ2) is 15.1. The third-order valence-electron chi connectivity index (χ3n) is 14.4. The molecular weight excluding hydrogens is 784 g/mol. The number of rotatable bonds is 6. The summed E-state index contributed by atoms with van der Waals surface area (Å²) in [6.07, 6.45) is 2.01. The van der Waals surface area contributed by atoms with Crippen LogP contribution < -0.4 is 21.1 Å². The van der Waals surface area contributed by atoms with Crippen LogP contribution >= 0.6 is 0 Å². The first-order chi connectivity index (χ1) is 32.3. The first-order valence-corrected chi connectivity index (χ1v) is 22.9. The maximum Gasteiger partial charge on any atom is 0.193 e. The minimum absolute atomic E-state index is 0.181. The van der Waals surface area contributed by atoms with Gasteiger partial charge in [0.1, 0.15) is 0 Å². The van der Waals surface area contributed by atoms with Gasteiger partial charge in [-0.05, 0) is 122 Å². The largest absolute Gasteiger partial charge is 0.354 e. The van der Waals surface area contributed by atoms with Crippen molar-refractivity contribution in [1.82, 2.24) is 0 Å². The molecule has 10 aromatic rings. The van der Waals surface area contributed by atoms with Crippen molar-refractivity contribution in [2.24, 2.45) is 0 Å². The van der Waals surface area contributed by atoms with Crippen LogP contribution in [0.15, 0.2) is 231 Å². The van der Waals surface area contributed by atoms with E-state index in [0.717, 1.165) is 41.3 Å². The number of aryl methyl sites for hydroxylation is 1. The highest BCUT2D eigenvalue weighted by Crippen LogP contribution is 2.56. The molecule has 2 aliphatic heterocycles. The van der Waals surface area contributed by atoms with Crippen molar-refractivity contribution in [1.29, 1.82) is 0 Å². The van der Waals surface area contributed by atoms with Crippen LogP contribution in [0.2, 0.25) is 0 Å². The molecule has 1 N–H and O–H groups in total. The molecule has 3 aliphatic rings. The van der Waals surface area contributed by atoms with Gasteiger partial charge in [0.15, 0.2) is 7.28 Å². The number of para-hydroxylation sites is 4. The number of hydrogen-bond donors (Lipinski definition) is 1. The van der Waals surface area contributed by atoms with Crippen LogP contribution in [0.5, 0.6) is 0 Å². The van der Waals surface area contributed by atoms with E-state index >= 15 is 0 Å². The van der Waals surface area contributed by atoms with Crippen molar-refractivity contribution in [3.63, 3.8) is 0 Å². The van der Waals surface area contributed by atoms with Gasteiger partial charge in [0.25, 0.3) is 0 Å². The third-order valence-corrected chi connectivity index (χ3v) is 14.4. The molecule has 0 amide bonds. The van der Waals surface area contributed by atoms with E-state index in [-0.39, 0.29) is 5.92 Å². The Morgan fingerprint density at radius 1 is 0.492 bits per heavy atom. The number of anilines is 5. The topological polar surface area (TPSA) is 15.3 Å². The van der Waals surface area contributed by atoms with E-state index < -0.39 is 5.41 Å². The fraction of sp³-hybridized carbons (Fsp3) is 0.0645. The van der Waals surface area contributed by atoms with Crippen molar-refractivity contribution < 1.29 is 0 Å². The van der Waals surface area contributed by atoms with Gasteiger partial charge in [0.2, 0.25) is 0 Å². The summed E-state index contributed by atoms with van der Waals surface area (Å²) in [5, 5.41) is 6.72. The summed E-state index contributed by atoms with van der Waals surface area (Å²) < 4.78 is 0. The molecule has 2 nitrogen and oxygen atoms in total. The molecule has 1 unspecified atom stereocenters. The Morgan fingerprint density at radius 2 is 1.11 bits per heavy atom. The zero-order valence-corrected chi connectivity index (χ0v) is 36.0. The lowest BCUT2D eigenvalue weighted by Crippen LogP contribution is -2.41. The van der Waals surface area contributed by atoms with Crippen LogP contribution in [0.25, 0.3) is 33.0 Å². The van der Waals surface area contributed by atoms with E-state index in [2.05, 4.69) is 248 Å². The molecule has 1 aliphatic carbocycles. The van der Waals surface area contributed by atoms with E-state index in [4.69, 9.17) is 0 Å². The fourth-order valence-corrected chi connectivity index (χ4v) is 11.7. The summed E-state index contributed by atoms with van der Waals surface area (Å²) in [6.45, 7) is 0. The smallest absolute Gasteiger partial charge is 0.193 e. The predicted octanol–water partition coefficient (Wildman–Crippen LogP) is 14.1. The highest BCUT2D eigenvalue weighted by atomic mass is 15.1. The number of hydrogen-bond acceptors (Lipinski definition) is 2. The average Bonchev–Trinajstić information content (AvgIpc) is 3.55. The summed E-state index contributed by atoms with van der Waals surface area (Å²) in [6, 6.07) is 85.5. The van der Waals surface area contributed by atoms with Gasteiger partial charge >= 0.3 is 0 Å². The maximum absolute atomic E-state index is 4.10. The lowest BCUT2D eigenvalue weighted by atomic mass is 9.51. The van der Waals surface area contributed by atoms with Gasteiger partial charge in [-0.15, -0.1) is 0 Å². The molecule has 0 fully saturated rings. The standard InChI is InChI=1S/C62H44BN2/c1-5-20-43(21-6-1)62(44-22-7-2-8-23-44)54-31-15-16-34-57(54)64-61-50(29-17-32-55(61)62)53-40-47(65(45-24-9-3-10-25-45)46-26-11-4-12-27-46)39-52-49-38-37-42-36-35-41-19-13-14-28-48(41)58(42)51-30-18-33-56(59(49)51)63-60(52)53/h1-36,39-40,49,64H,37-38H2. The Kier molecular flexibility index (Phi) is 8.77. The Morgan fingerprint density at radius 3 is 1.85 bits per heavy atom. The number of benzene rings is 10. The van der Waals surface area contributed by atoms with Gasteiger partial charge in [0.05, 0.1) is 11.1 Å². The Labute approximate surface area is 381 Å². The maximum atomic E-state index is 4.10. The average molecular weight is 828 g/mol. The summed E-state index contributed by atoms with van der Waals surface area (Å²) in [5.41, 5.74) is 22.0. The van der Waals surface area contributed by atoms with Gasteiger partial charge in [-0.25, -0.2) is 0 Å². The minimum atomic E-state index is -0.575. The van der Waals surface area contributed by atoms with Gasteiger partial charge in [-0.3, -0.25) is 0 Å². The lowest BCUT2D eigenvalue weighted by Gasteiger charge is -2.43. The number of fused-ring (bicyclic) bond motifs is 8. The van der Waals surface area contributed by atoms with Crippen LogP contribution in [0, 0.1) is 0 Å². The molecular formula is C62H44BN2. The van der Waals surface area contributed by atoms with E-state index in [9.17, 15) is 0 Å². The molecule has 3 heteroatoms. The molecule has 13 rings (SSSR count). The molecule has 0 bridgehead atoms. The quantitative estimate of drug-likeness (QED) is 0.168. The SMILES string of the molecule is [B]1c2cccc3c2C(CCc2ccc4ccccc4c2-3)c2cc(N(c3ccccc3)c3ccccc3)cc(-c3cccc4c3Nc3ccccc3C4(c3ccccc3)c3ccccc3)c21. The molecule has 0 saturated heterocycles. The molecule has 305 valence electrons. The van der Waals surface area contributed by atoms with Crippen LogP contribution in [0.3, 0.4) is 0 Å². The lowest BCUT2D eigenvalue weighted by molar-refractivity contribution is 0.730. The Hall–Kier alpha value is -7.88. The molecule has 0 spiro atoms. The summed E-state index contributed by atoms with van der Waals surface area (Å²) in [7, 11) is 2.51. The van der Waals surface area contributed by atoms with Crippen LogP contribution in [-0.2, 0) is 11.8 Å². The first kappa shape index (κ1) is 37.7. The second-order valence-corrected chi connectivity index (χ2v) is 17.7. The van der Waals surface area contributed by atoms with Crippen molar-refractivity contribution >= 4 is 57.4 Å². The van der Waals surface area contributed by atoms with Gasteiger partial charge in [-0.2, -0.15) is 0 Å². The van der Waals surface area contributed by atoms with E-state index in [0.29, 0.717) is 0 Å². The molecule has 0 aromatic heterocycles. The molecule has 2 heterocycles. The zero-order valence-electron chi connectivity index (χ0n) is 36.0. The van der Waals surface area contributed by atoms with Gasteiger partial charge in [0, 0.05) is 34.2 Å². The molecule has 1 radical (unpaired) electrons. The van der Waals surface area contributed by atoms with E-state index in [1.54, 1.807) is 0 Å². The molecule has 10 aromatic carbocycles.